The van der Waals surface area contributed by atoms with Crippen LogP contribution in [0.4, 0.5) is 8.78 Å². The Balaban J connectivity index is 2.13. The fourth-order valence-electron chi connectivity index (χ4n) is 3.13. The Labute approximate surface area is 177 Å². The molecule has 0 amide bonds. The molecule has 0 unspecified atom stereocenters. The number of sulfonamides is 1. The van der Waals surface area contributed by atoms with Gasteiger partial charge in [-0.2, -0.15) is 5.26 Å². The largest absolute Gasteiger partial charge is 0.334 e. The molecule has 0 aliphatic heterocycles. The second kappa shape index (κ2) is 8.63. The van der Waals surface area contributed by atoms with E-state index in [2.05, 4.69) is 16.0 Å². The van der Waals surface area contributed by atoms with Crippen molar-refractivity contribution in [3.05, 3.63) is 41.2 Å². The van der Waals surface area contributed by atoms with Crippen LogP contribution in [0.5, 0.6) is 0 Å². The standard InChI is InChI=1S/C19H18ClF2N5O2S/c1-11(2)27-17-4-3-12(20)5-15(17)16(8-23)18(27)19-24-9-14(10-25-19)30(28,29)26-13(6-21)7-22/h3-5,9-11,13,26H,6-7H2,1-2H3. The van der Waals surface area contributed by atoms with Crippen molar-refractivity contribution in [2.75, 3.05) is 13.3 Å². The summed E-state index contributed by atoms with van der Waals surface area (Å²) in [5, 5.41) is 10.9. The van der Waals surface area contributed by atoms with E-state index in [-0.39, 0.29) is 16.8 Å². The molecule has 0 aliphatic carbocycles. The van der Waals surface area contributed by atoms with Crippen molar-refractivity contribution >= 4 is 32.5 Å². The van der Waals surface area contributed by atoms with Gasteiger partial charge in [0.1, 0.15) is 30.0 Å². The number of hydrogen-bond donors (Lipinski definition) is 1. The number of nitriles is 1. The minimum atomic E-state index is -4.20. The first-order valence-corrected chi connectivity index (χ1v) is 10.8. The van der Waals surface area contributed by atoms with Crippen LogP contribution in [0.25, 0.3) is 22.4 Å². The lowest BCUT2D eigenvalue weighted by Crippen LogP contribution is -2.38. The lowest BCUT2D eigenvalue weighted by atomic mass is 10.1. The lowest BCUT2D eigenvalue weighted by molar-refractivity contribution is 0.334. The van der Waals surface area contributed by atoms with Gasteiger partial charge < -0.3 is 4.57 Å². The maximum atomic E-state index is 12.7. The molecule has 0 fully saturated rings. The minimum Gasteiger partial charge on any atom is -0.334 e. The van der Waals surface area contributed by atoms with Crippen molar-refractivity contribution in [3.63, 3.8) is 0 Å². The summed E-state index contributed by atoms with van der Waals surface area (Å²) in [6, 6.07) is 5.79. The zero-order valence-corrected chi connectivity index (χ0v) is 17.7. The third-order valence-electron chi connectivity index (χ3n) is 4.44. The number of aromatic nitrogens is 3. The van der Waals surface area contributed by atoms with E-state index in [0.29, 0.717) is 21.7 Å². The molecule has 0 saturated heterocycles. The summed E-state index contributed by atoms with van der Waals surface area (Å²) >= 11 is 6.09. The number of nitrogens with one attached hydrogen (secondary N) is 1. The second-order valence-electron chi connectivity index (χ2n) is 6.83. The number of nitrogens with zero attached hydrogens (tertiary/aromatic N) is 4. The van der Waals surface area contributed by atoms with Gasteiger partial charge in [0.25, 0.3) is 0 Å². The molecule has 0 bridgehead atoms. The third kappa shape index (κ3) is 4.01. The smallest absolute Gasteiger partial charge is 0.244 e. The van der Waals surface area contributed by atoms with Crippen LogP contribution in [0.1, 0.15) is 25.5 Å². The van der Waals surface area contributed by atoms with Crippen LogP contribution in [0, 0.1) is 11.3 Å². The molecule has 11 heteroatoms. The van der Waals surface area contributed by atoms with Crippen LogP contribution in [-0.4, -0.2) is 42.3 Å². The van der Waals surface area contributed by atoms with E-state index >= 15 is 0 Å². The summed E-state index contributed by atoms with van der Waals surface area (Å²) in [4.78, 5) is 7.90. The molecule has 2 aromatic heterocycles. The molecule has 158 valence electrons. The minimum absolute atomic E-state index is 0.0608. The highest BCUT2D eigenvalue weighted by atomic mass is 35.5. The molecular formula is C19H18ClF2N5O2S. The Morgan fingerprint density at radius 2 is 1.87 bits per heavy atom. The molecule has 1 aromatic carbocycles. The summed E-state index contributed by atoms with van der Waals surface area (Å²) in [5.41, 5.74) is 1.49. The van der Waals surface area contributed by atoms with Gasteiger partial charge in [-0.15, -0.1) is 0 Å². The number of rotatable bonds is 7. The van der Waals surface area contributed by atoms with Crippen molar-refractivity contribution in [1.82, 2.24) is 19.3 Å². The van der Waals surface area contributed by atoms with E-state index in [1.165, 1.54) is 0 Å². The normalized spacial score (nSPS) is 12.1. The van der Waals surface area contributed by atoms with Crippen LogP contribution >= 0.6 is 11.6 Å². The zero-order chi connectivity index (χ0) is 22.1. The maximum absolute atomic E-state index is 12.7. The van der Waals surface area contributed by atoms with E-state index in [0.717, 1.165) is 17.9 Å². The number of benzene rings is 1. The zero-order valence-electron chi connectivity index (χ0n) is 16.1. The van der Waals surface area contributed by atoms with Gasteiger partial charge in [-0.05, 0) is 32.0 Å². The van der Waals surface area contributed by atoms with E-state index in [9.17, 15) is 22.5 Å². The number of hydrogen-bond acceptors (Lipinski definition) is 5. The first-order valence-electron chi connectivity index (χ1n) is 8.93. The number of halogens is 3. The fraction of sp³-hybridized carbons (Fsp3) is 0.316. The Bertz CT molecular complexity index is 1220. The fourth-order valence-corrected chi connectivity index (χ4v) is 4.38. The average molecular weight is 454 g/mol. The summed E-state index contributed by atoms with van der Waals surface area (Å²) in [5.74, 6) is 0.138. The van der Waals surface area contributed by atoms with Gasteiger partial charge in [-0.1, -0.05) is 11.6 Å². The molecule has 2 heterocycles. The van der Waals surface area contributed by atoms with Gasteiger partial charge in [0.15, 0.2) is 5.82 Å². The maximum Gasteiger partial charge on any atom is 0.244 e. The predicted molar refractivity (Wildman–Crippen MR) is 109 cm³/mol. The van der Waals surface area contributed by atoms with Crippen LogP contribution < -0.4 is 4.72 Å². The Kier molecular flexibility index (Phi) is 6.36. The molecule has 0 saturated carbocycles. The first kappa shape index (κ1) is 22.1. The Morgan fingerprint density at radius 3 is 2.40 bits per heavy atom. The van der Waals surface area contributed by atoms with Crippen LogP contribution in [0.15, 0.2) is 35.5 Å². The first-order chi connectivity index (χ1) is 14.2. The summed E-state index contributed by atoms with van der Waals surface area (Å²) < 4.78 is 53.7. The molecule has 30 heavy (non-hydrogen) atoms. The molecule has 0 atom stereocenters. The Hall–Kier alpha value is -2.61. The molecular weight excluding hydrogens is 436 g/mol. The molecule has 0 radical (unpaired) electrons. The van der Waals surface area contributed by atoms with Gasteiger partial charge in [0.05, 0.1) is 29.5 Å². The highest BCUT2D eigenvalue weighted by molar-refractivity contribution is 7.89. The molecule has 3 aromatic rings. The SMILES string of the molecule is CC(C)n1c(-c2ncc(S(=O)(=O)NC(CF)CF)cn2)c(C#N)c2cc(Cl)ccc21. The highest BCUT2D eigenvalue weighted by Crippen LogP contribution is 2.35. The van der Waals surface area contributed by atoms with Gasteiger partial charge in [-0.25, -0.2) is 31.9 Å². The van der Waals surface area contributed by atoms with Crippen molar-refractivity contribution in [3.8, 4) is 17.6 Å². The number of fused-ring (bicyclic) bond motifs is 1. The molecule has 1 N–H and O–H groups in total. The van der Waals surface area contributed by atoms with Crippen molar-refractivity contribution < 1.29 is 17.2 Å². The molecule has 0 spiro atoms. The highest BCUT2D eigenvalue weighted by Gasteiger charge is 2.25. The third-order valence-corrected chi connectivity index (χ3v) is 6.15. The van der Waals surface area contributed by atoms with Gasteiger partial charge in [0, 0.05) is 16.5 Å². The van der Waals surface area contributed by atoms with Crippen LogP contribution in [0.2, 0.25) is 5.02 Å². The monoisotopic (exact) mass is 453 g/mol. The van der Waals surface area contributed by atoms with Crippen LogP contribution in [-0.2, 0) is 10.0 Å². The van der Waals surface area contributed by atoms with E-state index in [1.807, 2.05) is 23.1 Å². The van der Waals surface area contributed by atoms with Gasteiger partial charge in [-0.3, -0.25) is 0 Å². The van der Waals surface area contributed by atoms with Gasteiger partial charge in [0.2, 0.25) is 10.0 Å². The van der Waals surface area contributed by atoms with E-state index < -0.39 is 29.4 Å². The van der Waals surface area contributed by atoms with Crippen LogP contribution in [0.3, 0.4) is 0 Å². The predicted octanol–water partition coefficient (Wildman–Crippen LogP) is 3.79. The quantitative estimate of drug-likeness (QED) is 0.586. The topological polar surface area (TPSA) is 101 Å². The number of alkyl halides is 2. The van der Waals surface area contributed by atoms with E-state index in [1.54, 1.807) is 18.2 Å². The average Bonchev–Trinajstić information content (AvgIpc) is 3.05. The summed E-state index contributed by atoms with van der Waals surface area (Å²) in [7, 11) is -4.20. The molecule has 3 rings (SSSR count). The Morgan fingerprint density at radius 1 is 1.23 bits per heavy atom. The van der Waals surface area contributed by atoms with Crippen molar-refractivity contribution in [1.29, 1.82) is 5.26 Å². The second-order valence-corrected chi connectivity index (χ2v) is 8.98. The molecule has 7 nitrogen and oxygen atoms in total. The van der Waals surface area contributed by atoms with Crippen molar-refractivity contribution in [2.24, 2.45) is 0 Å². The molecule has 0 aliphatic rings. The van der Waals surface area contributed by atoms with E-state index in [4.69, 9.17) is 11.6 Å². The summed E-state index contributed by atoms with van der Waals surface area (Å²) in [6.07, 6.45) is 2.07. The van der Waals surface area contributed by atoms with Gasteiger partial charge >= 0.3 is 0 Å². The van der Waals surface area contributed by atoms with Crippen molar-refractivity contribution in [2.45, 2.75) is 30.8 Å². The summed E-state index contributed by atoms with van der Waals surface area (Å²) in [6.45, 7) is 1.49. The lowest BCUT2D eigenvalue weighted by Gasteiger charge is -2.15.